The maximum Gasteiger partial charge on any atom is 0.250 e. The Balaban J connectivity index is 1.37. The van der Waals surface area contributed by atoms with Crippen LogP contribution in [-0.4, -0.2) is 38.3 Å². The van der Waals surface area contributed by atoms with Gasteiger partial charge in [0.1, 0.15) is 12.1 Å². The lowest BCUT2D eigenvalue weighted by molar-refractivity contribution is -0.146. The Hall–Kier alpha value is -4.06. The SMILES string of the molecule is C=CC(C)(C)n1cc(C[C@@H]2NC(=O)[C@@H]3Cc4c([nH]c5ccccc45)C(C)(C)/C=C\N3C2=O)c2ccccc21. The number of benzene rings is 2. The Morgan fingerprint density at radius 3 is 2.55 bits per heavy atom. The highest BCUT2D eigenvalue weighted by molar-refractivity contribution is 5.99. The topological polar surface area (TPSA) is 70.1 Å². The Labute approximate surface area is 223 Å². The number of fused-ring (bicyclic) bond motifs is 5. The summed E-state index contributed by atoms with van der Waals surface area (Å²) in [5.41, 5.74) is 4.73. The first-order valence-corrected chi connectivity index (χ1v) is 13.3. The molecule has 2 amide bonds. The van der Waals surface area contributed by atoms with Gasteiger partial charge in [0.25, 0.3) is 0 Å². The normalized spacial score (nSPS) is 21.9. The number of amides is 2. The number of hydrogen-bond acceptors (Lipinski definition) is 2. The summed E-state index contributed by atoms with van der Waals surface area (Å²) in [5, 5.41) is 5.26. The molecule has 2 aliphatic rings. The molecule has 0 aliphatic carbocycles. The number of aromatic amines is 1. The van der Waals surface area contributed by atoms with Crippen LogP contribution in [0.4, 0.5) is 0 Å². The molecule has 4 heterocycles. The van der Waals surface area contributed by atoms with Gasteiger partial charge >= 0.3 is 0 Å². The van der Waals surface area contributed by atoms with E-state index in [4.69, 9.17) is 0 Å². The van der Waals surface area contributed by atoms with Crippen molar-refractivity contribution in [2.24, 2.45) is 0 Å². The quantitative estimate of drug-likeness (QED) is 0.368. The van der Waals surface area contributed by atoms with E-state index in [0.717, 1.165) is 38.6 Å². The highest BCUT2D eigenvalue weighted by atomic mass is 16.2. The largest absolute Gasteiger partial charge is 0.357 e. The Morgan fingerprint density at radius 2 is 1.79 bits per heavy atom. The van der Waals surface area contributed by atoms with Crippen molar-refractivity contribution < 1.29 is 9.59 Å². The fourth-order valence-corrected chi connectivity index (χ4v) is 6.01. The first-order valence-electron chi connectivity index (χ1n) is 13.3. The molecule has 0 spiro atoms. The minimum atomic E-state index is -0.639. The lowest BCUT2D eigenvalue weighted by Crippen LogP contribution is -2.63. The number of carbonyl (C=O) groups excluding carboxylic acids is 2. The maximum atomic E-state index is 13.9. The summed E-state index contributed by atoms with van der Waals surface area (Å²) in [6.07, 6.45) is 8.78. The number of piperazine rings is 1. The van der Waals surface area contributed by atoms with Crippen LogP contribution >= 0.6 is 0 Å². The molecule has 194 valence electrons. The number of rotatable bonds is 4. The van der Waals surface area contributed by atoms with E-state index in [1.807, 2.05) is 42.6 Å². The molecule has 0 saturated carbocycles. The molecule has 2 N–H and O–H groups in total. The third-order valence-electron chi connectivity index (χ3n) is 8.35. The van der Waals surface area contributed by atoms with Gasteiger partial charge in [-0.15, -0.1) is 6.58 Å². The van der Waals surface area contributed by atoms with Crippen LogP contribution in [0.3, 0.4) is 0 Å². The van der Waals surface area contributed by atoms with Gasteiger partial charge in [-0.1, -0.05) is 62.4 Å². The highest BCUT2D eigenvalue weighted by Gasteiger charge is 2.42. The van der Waals surface area contributed by atoms with Crippen LogP contribution in [0.25, 0.3) is 21.8 Å². The molecule has 0 radical (unpaired) electrons. The van der Waals surface area contributed by atoms with Crippen molar-refractivity contribution in [3.63, 3.8) is 0 Å². The van der Waals surface area contributed by atoms with Crippen molar-refractivity contribution >= 4 is 33.6 Å². The number of nitrogens with one attached hydrogen (secondary N) is 2. The van der Waals surface area contributed by atoms with Gasteiger partial charge in [-0.25, -0.2) is 0 Å². The summed E-state index contributed by atoms with van der Waals surface area (Å²) in [7, 11) is 0. The Bertz CT molecular complexity index is 1630. The first kappa shape index (κ1) is 24.3. The molecule has 6 rings (SSSR count). The Morgan fingerprint density at radius 1 is 1.08 bits per heavy atom. The first-order chi connectivity index (χ1) is 18.1. The standard InChI is InChI=1S/C32H34N4O2/c1-6-32(4,5)36-19-20(21-11-8-10-14-26(21)36)17-25-30(38)35-16-15-31(2,3)28-23(18-27(35)29(37)34-25)22-12-7-9-13-24(22)33-28/h6-16,19,25,27,33H,1,17-18H2,2-5H3,(H,34,37)/b16-15-/t25-,27-/m0/s1. The van der Waals surface area contributed by atoms with Crippen molar-refractivity contribution in [2.45, 2.75) is 63.6 Å². The summed E-state index contributed by atoms with van der Waals surface area (Å²) in [5.74, 6) is -0.199. The number of nitrogens with zero attached hydrogens (tertiary/aromatic N) is 2. The number of para-hydroxylation sites is 2. The van der Waals surface area contributed by atoms with Crippen molar-refractivity contribution in [1.82, 2.24) is 19.8 Å². The summed E-state index contributed by atoms with van der Waals surface area (Å²) in [4.78, 5) is 32.7. The summed E-state index contributed by atoms with van der Waals surface area (Å²) in [6.45, 7) is 12.5. The van der Waals surface area contributed by atoms with Crippen LogP contribution in [0, 0.1) is 0 Å². The molecule has 2 aromatic heterocycles. The van der Waals surface area contributed by atoms with Crippen molar-refractivity contribution in [2.75, 3.05) is 0 Å². The minimum Gasteiger partial charge on any atom is -0.357 e. The van der Waals surface area contributed by atoms with Crippen LogP contribution in [0.2, 0.25) is 0 Å². The van der Waals surface area contributed by atoms with Gasteiger partial charge in [-0.2, -0.15) is 0 Å². The van der Waals surface area contributed by atoms with Crippen LogP contribution < -0.4 is 5.32 Å². The van der Waals surface area contributed by atoms with E-state index in [1.54, 1.807) is 4.90 Å². The monoisotopic (exact) mass is 506 g/mol. The average molecular weight is 507 g/mol. The van der Waals surface area contributed by atoms with Gasteiger partial charge < -0.3 is 19.8 Å². The zero-order valence-electron chi connectivity index (χ0n) is 22.4. The van der Waals surface area contributed by atoms with E-state index in [1.165, 1.54) is 0 Å². The second kappa shape index (κ2) is 8.48. The number of hydrogen-bond donors (Lipinski definition) is 2. The second-order valence-corrected chi connectivity index (χ2v) is 11.7. The molecule has 6 heteroatoms. The highest BCUT2D eigenvalue weighted by Crippen LogP contribution is 2.37. The molecule has 1 saturated heterocycles. The second-order valence-electron chi connectivity index (χ2n) is 11.7. The molecule has 2 atom stereocenters. The average Bonchev–Trinajstić information content (AvgIpc) is 3.45. The number of aromatic nitrogens is 2. The number of allylic oxidation sites excluding steroid dienone is 2. The number of H-pyrrole nitrogens is 1. The summed E-state index contributed by atoms with van der Waals surface area (Å²) < 4.78 is 2.19. The molecule has 38 heavy (non-hydrogen) atoms. The molecule has 0 unspecified atom stereocenters. The number of carbonyl (C=O) groups is 2. The van der Waals surface area contributed by atoms with Gasteiger partial charge in [0.2, 0.25) is 11.8 Å². The smallest absolute Gasteiger partial charge is 0.250 e. The maximum absolute atomic E-state index is 13.9. The van der Waals surface area contributed by atoms with Crippen molar-refractivity contribution in [3.8, 4) is 0 Å². The fraction of sp³-hybridized carbons (Fsp3) is 0.312. The van der Waals surface area contributed by atoms with Gasteiger partial charge in [-0.3, -0.25) is 9.59 Å². The fourth-order valence-electron chi connectivity index (χ4n) is 6.01. The van der Waals surface area contributed by atoms with Gasteiger partial charge in [0.05, 0.1) is 5.54 Å². The van der Waals surface area contributed by atoms with Gasteiger partial charge in [-0.05, 0) is 37.1 Å². The van der Waals surface area contributed by atoms with Crippen molar-refractivity contribution in [1.29, 1.82) is 0 Å². The van der Waals surface area contributed by atoms with Crippen LogP contribution in [0.5, 0.6) is 0 Å². The van der Waals surface area contributed by atoms with Crippen LogP contribution in [0.1, 0.15) is 44.5 Å². The predicted molar refractivity (Wildman–Crippen MR) is 152 cm³/mol. The van der Waals surface area contributed by atoms with Crippen molar-refractivity contribution in [3.05, 3.63) is 96.5 Å². The molecular weight excluding hydrogens is 472 g/mol. The lowest BCUT2D eigenvalue weighted by atomic mass is 9.82. The predicted octanol–water partition coefficient (Wildman–Crippen LogP) is 5.33. The molecule has 2 aromatic carbocycles. The van der Waals surface area contributed by atoms with E-state index in [0.29, 0.717) is 12.8 Å². The van der Waals surface area contributed by atoms with E-state index >= 15 is 0 Å². The minimum absolute atomic E-state index is 0.0789. The molecule has 6 nitrogen and oxygen atoms in total. The van der Waals surface area contributed by atoms with E-state index in [2.05, 4.69) is 79.6 Å². The summed E-state index contributed by atoms with van der Waals surface area (Å²) >= 11 is 0. The van der Waals surface area contributed by atoms with Crippen LogP contribution in [0.15, 0.2) is 79.7 Å². The lowest BCUT2D eigenvalue weighted by Gasteiger charge is -2.39. The van der Waals surface area contributed by atoms with E-state index in [9.17, 15) is 9.59 Å². The molecule has 1 fully saturated rings. The van der Waals surface area contributed by atoms with Gasteiger partial charge in [0, 0.05) is 58.2 Å². The van der Waals surface area contributed by atoms with E-state index < -0.39 is 12.1 Å². The third kappa shape index (κ3) is 3.70. The van der Waals surface area contributed by atoms with Gasteiger partial charge in [0.15, 0.2) is 0 Å². The summed E-state index contributed by atoms with van der Waals surface area (Å²) in [6, 6.07) is 15.1. The zero-order chi connectivity index (χ0) is 26.8. The zero-order valence-corrected chi connectivity index (χ0v) is 22.4. The third-order valence-corrected chi connectivity index (χ3v) is 8.35. The van der Waals surface area contributed by atoms with Crippen LogP contribution in [-0.2, 0) is 33.4 Å². The Kier molecular flexibility index (Phi) is 5.42. The molecular formula is C32H34N4O2. The molecule has 2 aliphatic heterocycles. The molecule has 0 bridgehead atoms. The van der Waals surface area contributed by atoms with E-state index in [-0.39, 0.29) is 22.8 Å². The molecule has 4 aromatic rings.